The summed E-state index contributed by atoms with van der Waals surface area (Å²) < 4.78 is 6.77. The van der Waals surface area contributed by atoms with Crippen molar-refractivity contribution in [1.82, 2.24) is 15.0 Å². The van der Waals surface area contributed by atoms with Crippen LogP contribution in [0.25, 0.3) is 0 Å². The molecule has 20 heavy (non-hydrogen) atoms. The van der Waals surface area contributed by atoms with E-state index in [0.717, 1.165) is 37.8 Å². The van der Waals surface area contributed by atoms with Gasteiger partial charge in [0.1, 0.15) is 0 Å². The zero-order valence-corrected chi connectivity index (χ0v) is 12.2. The average Bonchev–Trinajstić information content (AvgIpc) is 2.84. The molecular formula is C14H23N3O3. The first-order valence-corrected chi connectivity index (χ1v) is 7.48. The van der Waals surface area contributed by atoms with E-state index in [2.05, 4.69) is 10.3 Å². The highest BCUT2D eigenvalue weighted by Gasteiger charge is 2.30. The van der Waals surface area contributed by atoms with Crippen LogP contribution in [0.5, 0.6) is 0 Å². The summed E-state index contributed by atoms with van der Waals surface area (Å²) in [4.78, 5) is 11.9. The fourth-order valence-corrected chi connectivity index (χ4v) is 2.78. The third-order valence-electron chi connectivity index (χ3n) is 3.75. The van der Waals surface area contributed by atoms with E-state index in [1.54, 1.807) is 11.6 Å². The standard InChI is InChI=1S/C14H23N3O3/c1-3-7-11-13(14(19)20-4-2)15-16-17(11)10-8-5-6-9-12(10)18/h10,12,18H,3-9H2,1-2H3. The molecule has 1 aliphatic carbocycles. The molecule has 1 heterocycles. The molecule has 1 aromatic heterocycles. The van der Waals surface area contributed by atoms with Crippen LogP contribution < -0.4 is 0 Å². The smallest absolute Gasteiger partial charge is 0.360 e. The number of carbonyl (C=O) groups is 1. The second-order valence-corrected chi connectivity index (χ2v) is 5.22. The maximum absolute atomic E-state index is 11.9. The molecule has 0 radical (unpaired) electrons. The van der Waals surface area contributed by atoms with Crippen LogP contribution in [0.1, 0.15) is 68.2 Å². The molecule has 0 saturated heterocycles. The number of esters is 1. The molecule has 1 aromatic rings. The summed E-state index contributed by atoms with van der Waals surface area (Å²) in [6.07, 6.45) is 4.97. The first-order valence-electron chi connectivity index (χ1n) is 7.48. The summed E-state index contributed by atoms with van der Waals surface area (Å²) in [7, 11) is 0. The molecule has 0 bridgehead atoms. The van der Waals surface area contributed by atoms with E-state index in [4.69, 9.17) is 4.74 Å². The average molecular weight is 281 g/mol. The molecule has 1 saturated carbocycles. The van der Waals surface area contributed by atoms with Crippen molar-refractivity contribution in [1.29, 1.82) is 0 Å². The van der Waals surface area contributed by atoms with E-state index in [1.807, 2.05) is 6.92 Å². The van der Waals surface area contributed by atoms with Crippen molar-refractivity contribution in [3.8, 4) is 0 Å². The quantitative estimate of drug-likeness (QED) is 0.834. The number of hydrogen-bond acceptors (Lipinski definition) is 5. The van der Waals surface area contributed by atoms with Gasteiger partial charge in [-0.15, -0.1) is 5.10 Å². The van der Waals surface area contributed by atoms with E-state index < -0.39 is 12.1 Å². The molecule has 2 unspecified atom stereocenters. The minimum absolute atomic E-state index is 0.0685. The first-order chi connectivity index (χ1) is 9.69. The lowest BCUT2D eigenvalue weighted by molar-refractivity contribution is 0.0515. The molecule has 0 aromatic carbocycles. The van der Waals surface area contributed by atoms with Crippen LogP contribution in [0.4, 0.5) is 0 Å². The van der Waals surface area contributed by atoms with Gasteiger partial charge in [0.2, 0.25) is 0 Å². The summed E-state index contributed by atoms with van der Waals surface area (Å²) in [5.41, 5.74) is 1.09. The number of hydrogen-bond donors (Lipinski definition) is 1. The molecule has 1 N–H and O–H groups in total. The molecular weight excluding hydrogens is 258 g/mol. The number of carbonyl (C=O) groups excluding carboxylic acids is 1. The topological polar surface area (TPSA) is 77.2 Å². The third kappa shape index (κ3) is 3.00. The van der Waals surface area contributed by atoms with E-state index in [-0.39, 0.29) is 6.04 Å². The largest absolute Gasteiger partial charge is 0.461 e. The molecule has 0 amide bonds. The molecule has 112 valence electrons. The van der Waals surface area contributed by atoms with Gasteiger partial charge in [0.15, 0.2) is 5.69 Å². The number of nitrogens with zero attached hydrogens (tertiary/aromatic N) is 3. The fraction of sp³-hybridized carbons (Fsp3) is 0.786. The minimum atomic E-state index is -0.424. The summed E-state index contributed by atoms with van der Waals surface area (Å²) >= 11 is 0. The number of ether oxygens (including phenoxy) is 1. The van der Waals surface area contributed by atoms with Crippen LogP contribution in [0.15, 0.2) is 0 Å². The number of aliphatic hydroxyl groups is 1. The van der Waals surface area contributed by atoms with Crippen molar-refractivity contribution < 1.29 is 14.6 Å². The van der Waals surface area contributed by atoms with E-state index in [0.29, 0.717) is 18.7 Å². The zero-order valence-electron chi connectivity index (χ0n) is 12.2. The van der Waals surface area contributed by atoms with E-state index >= 15 is 0 Å². The maximum atomic E-state index is 11.9. The van der Waals surface area contributed by atoms with E-state index in [9.17, 15) is 9.90 Å². The highest BCUT2D eigenvalue weighted by molar-refractivity contribution is 5.88. The first kappa shape index (κ1) is 15.0. The van der Waals surface area contributed by atoms with Crippen LogP contribution in [-0.2, 0) is 11.2 Å². The fourth-order valence-electron chi connectivity index (χ4n) is 2.78. The Hall–Kier alpha value is -1.43. The summed E-state index contributed by atoms with van der Waals surface area (Å²) in [5, 5.41) is 18.3. The van der Waals surface area contributed by atoms with Crippen LogP contribution in [-0.4, -0.2) is 38.8 Å². The van der Waals surface area contributed by atoms with Crippen molar-refractivity contribution in [2.45, 2.75) is 64.5 Å². The Balaban J connectivity index is 2.30. The Morgan fingerprint density at radius 2 is 2.15 bits per heavy atom. The predicted molar refractivity (Wildman–Crippen MR) is 73.5 cm³/mol. The second-order valence-electron chi connectivity index (χ2n) is 5.22. The Bertz CT molecular complexity index is 459. The zero-order chi connectivity index (χ0) is 14.5. The SMILES string of the molecule is CCCc1c(C(=O)OCC)nnn1C1CCCCC1O. The van der Waals surface area contributed by atoms with Gasteiger partial charge < -0.3 is 9.84 Å². The molecule has 2 atom stereocenters. The van der Waals surface area contributed by atoms with Gasteiger partial charge in [-0.1, -0.05) is 31.4 Å². The lowest BCUT2D eigenvalue weighted by Gasteiger charge is -2.28. The predicted octanol–water partition coefficient (Wildman–Crippen LogP) is 1.88. The molecule has 1 fully saturated rings. The van der Waals surface area contributed by atoms with Crippen molar-refractivity contribution >= 4 is 5.97 Å². The van der Waals surface area contributed by atoms with Gasteiger partial charge in [-0.05, 0) is 26.2 Å². The normalized spacial score (nSPS) is 22.8. The number of aliphatic hydroxyl groups excluding tert-OH is 1. The van der Waals surface area contributed by atoms with Crippen molar-refractivity contribution in [3.05, 3.63) is 11.4 Å². The van der Waals surface area contributed by atoms with Crippen LogP contribution >= 0.6 is 0 Å². The Kier molecular flexibility index (Phi) is 5.11. The molecule has 0 aliphatic heterocycles. The Morgan fingerprint density at radius 3 is 2.80 bits per heavy atom. The van der Waals surface area contributed by atoms with Gasteiger partial charge in [0.05, 0.1) is 24.4 Å². The monoisotopic (exact) mass is 281 g/mol. The Morgan fingerprint density at radius 1 is 1.40 bits per heavy atom. The molecule has 1 aliphatic rings. The molecule has 2 rings (SSSR count). The molecule has 6 heteroatoms. The molecule has 6 nitrogen and oxygen atoms in total. The van der Waals surface area contributed by atoms with Gasteiger partial charge in [0.25, 0.3) is 0 Å². The summed E-state index contributed by atoms with van der Waals surface area (Å²) in [6, 6.07) is -0.0685. The van der Waals surface area contributed by atoms with Crippen molar-refractivity contribution in [3.63, 3.8) is 0 Å². The van der Waals surface area contributed by atoms with Gasteiger partial charge in [-0.3, -0.25) is 0 Å². The lowest BCUT2D eigenvalue weighted by atomic mass is 9.92. The van der Waals surface area contributed by atoms with Crippen LogP contribution in [0, 0.1) is 0 Å². The maximum Gasteiger partial charge on any atom is 0.360 e. The minimum Gasteiger partial charge on any atom is -0.461 e. The van der Waals surface area contributed by atoms with Crippen molar-refractivity contribution in [2.75, 3.05) is 6.61 Å². The van der Waals surface area contributed by atoms with Crippen LogP contribution in [0.3, 0.4) is 0 Å². The van der Waals surface area contributed by atoms with Gasteiger partial charge in [-0.25, -0.2) is 9.48 Å². The van der Waals surface area contributed by atoms with E-state index in [1.165, 1.54) is 0 Å². The van der Waals surface area contributed by atoms with Gasteiger partial charge >= 0.3 is 5.97 Å². The second kappa shape index (κ2) is 6.83. The summed E-state index contributed by atoms with van der Waals surface area (Å²) in [6.45, 7) is 4.14. The van der Waals surface area contributed by atoms with Gasteiger partial charge in [0, 0.05) is 0 Å². The van der Waals surface area contributed by atoms with Crippen molar-refractivity contribution in [2.24, 2.45) is 0 Å². The van der Waals surface area contributed by atoms with Gasteiger partial charge in [-0.2, -0.15) is 0 Å². The summed E-state index contributed by atoms with van der Waals surface area (Å²) in [5.74, 6) is -0.424. The Labute approximate surface area is 119 Å². The number of aromatic nitrogens is 3. The molecule has 0 spiro atoms. The van der Waals surface area contributed by atoms with Crippen LogP contribution in [0.2, 0.25) is 0 Å². The highest BCUT2D eigenvalue weighted by atomic mass is 16.5. The number of rotatable bonds is 5. The lowest BCUT2D eigenvalue weighted by Crippen LogP contribution is -2.29. The highest BCUT2D eigenvalue weighted by Crippen LogP contribution is 2.30. The third-order valence-corrected chi connectivity index (χ3v) is 3.75.